The lowest BCUT2D eigenvalue weighted by atomic mass is 9.93. The van der Waals surface area contributed by atoms with E-state index in [9.17, 15) is 14.3 Å². The molecule has 1 unspecified atom stereocenters. The summed E-state index contributed by atoms with van der Waals surface area (Å²) in [5, 5.41) is 12.1. The predicted octanol–water partition coefficient (Wildman–Crippen LogP) is 1.99. The third-order valence-corrected chi connectivity index (χ3v) is 2.56. The van der Waals surface area contributed by atoms with Gasteiger partial charge in [0, 0.05) is 13.0 Å². The highest BCUT2D eigenvalue weighted by Crippen LogP contribution is 2.14. The molecule has 92 valence electrons. The van der Waals surface area contributed by atoms with E-state index in [1.807, 2.05) is 0 Å². The summed E-state index contributed by atoms with van der Waals surface area (Å²) in [6.45, 7) is 5.49. The van der Waals surface area contributed by atoms with Crippen LogP contribution in [0.15, 0.2) is 36.9 Å². The zero-order chi connectivity index (χ0) is 12.9. The van der Waals surface area contributed by atoms with E-state index in [-0.39, 0.29) is 12.2 Å². The summed E-state index contributed by atoms with van der Waals surface area (Å²) in [5.41, 5.74) is -0.478. The minimum Gasteiger partial charge on any atom is -0.480 e. The van der Waals surface area contributed by atoms with Crippen LogP contribution in [-0.2, 0) is 11.2 Å². The summed E-state index contributed by atoms with van der Waals surface area (Å²) in [4.78, 5) is 11.2. The standard InChI is InChI=1S/C13H16FNO2/c1-3-7-15-13(2,12(16)17)9-10-5-4-6-11(14)8-10/h3-6,8,15H,1,7,9H2,2H3,(H,16,17). The fourth-order valence-electron chi connectivity index (χ4n) is 1.57. The van der Waals surface area contributed by atoms with Crippen molar-refractivity contribution >= 4 is 5.97 Å². The SMILES string of the molecule is C=CCNC(C)(Cc1cccc(F)c1)C(=O)O. The molecule has 0 amide bonds. The van der Waals surface area contributed by atoms with E-state index in [4.69, 9.17) is 0 Å². The number of carboxylic acid groups (broad SMARTS) is 1. The van der Waals surface area contributed by atoms with Crippen LogP contribution in [-0.4, -0.2) is 23.2 Å². The van der Waals surface area contributed by atoms with Crippen molar-refractivity contribution in [3.05, 3.63) is 48.3 Å². The lowest BCUT2D eigenvalue weighted by molar-refractivity contribution is -0.144. The van der Waals surface area contributed by atoms with Crippen LogP contribution in [0.25, 0.3) is 0 Å². The minimum atomic E-state index is -1.12. The Morgan fingerprint density at radius 1 is 1.65 bits per heavy atom. The summed E-state index contributed by atoms with van der Waals surface area (Å²) in [6.07, 6.45) is 1.81. The topological polar surface area (TPSA) is 49.3 Å². The third-order valence-electron chi connectivity index (χ3n) is 2.56. The van der Waals surface area contributed by atoms with Gasteiger partial charge >= 0.3 is 5.97 Å². The number of nitrogens with one attached hydrogen (secondary N) is 1. The zero-order valence-electron chi connectivity index (χ0n) is 9.74. The van der Waals surface area contributed by atoms with Gasteiger partial charge < -0.3 is 5.11 Å². The van der Waals surface area contributed by atoms with E-state index in [0.29, 0.717) is 12.1 Å². The first-order valence-electron chi connectivity index (χ1n) is 5.32. The molecule has 0 spiro atoms. The van der Waals surface area contributed by atoms with Gasteiger partial charge in [0.2, 0.25) is 0 Å². The Kier molecular flexibility index (Phi) is 4.40. The molecule has 0 aliphatic heterocycles. The molecule has 0 aliphatic carbocycles. The highest BCUT2D eigenvalue weighted by molar-refractivity contribution is 5.78. The molecule has 17 heavy (non-hydrogen) atoms. The van der Waals surface area contributed by atoms with Crippen LogP contribution in [0, 0.1) is 5.82 Å². The van der Waals surface area contributed by atoms with Gasteiger partial charge in [0.25, 0.3) is 0 Å². The molecule has 1 aromatic carbocycles. The molecule has 1 aromatic rings. The maximum absolute atomic E-state index is 13.0. The number of rotatable bonds is 6. The van der Waals surface area contributed by atoms with Gasteiger partial charge in [0.1, 0.15) is 11.4 Å². The van der Waals surface area contributed by atoms with Crippen molar-refractivity contribution in [3.8, 4) is 0 Å². The molecule has 0 aliphatic rings. The molecule has 0 fully saturated rings. The Morgan fingerprint density at radius 3 is 2.88 bits per heavy atom. The Balaban J connectivity index is 2.86. The van der Waals surface area contributed by atoms with Gasteiger partial charge in [-0.05, 0) is 24.6 Å². The Bertz CT molecular complexity index is 420. The van der Waals surface area contributed by atoms with Crippen LogP contribution >= 0.6 is 0 Å². The second kappa shape index (κ2) is 5.59. The van der Waals surface area contributed by atoms with Gasteiger partial charge in [-0.3, -0.25) is 10.1 Å². The van der Waals surface area contributed by atoms with E-state index in [0.717, 1.165) is 0 Å². The summed E-state index contributed by atoms with van der Waals surface area (Å²) in [6, 6.07) is 5.95. The van der Waals surface area contributed by atoms with Crippen LogP contribution in [0.4, 0.5) is 4.39 Å². The van der Waals surface area contributed by atoms with E-state index in [1.54, 1.807) is 25.1 Å². The molecule has 0 radical (unpaired) electrons. The van der Waals surface area contributed by atoms with Gasteiger partial charge in [-0.1, -0.05) is 18.2 Å². The van der Waals surface area contributed by atoms with E-state index in [2.05, 4.69) is 11.9 Å². The van der Waals surface area contributed by atoms with E-state index < -0.39 is 11.5 Å². The Hall–Kier alpha value is -1.68. The Morgan fingerprint density at radius 2 is 2.35 bits per heavy atom. The number of hydrogen-bond acceptors (Lipinski definition) is 2. The highest BCUT2D eigenvalue weighted by atomic mass is 19.1. The van der Waals surface area contributed by atoms with E-state index >= 15 is 0 Å². The zero-order valence-corrected chi connectivity index (χ0v) is 9.74. The molecule has 0 bridgehead atoms. The first-order valence-corrected chi connectivity index (χ1v) is 5.32. The molecular formula is C13H16FNO2. The van der Waals surface area contributed by atoms with Crippen LogP contribution in [0.2, 0.25) is 0 Å². The average Bonchev–Trinajstić information content (AvgIpc) is 2.26. The van der Waals surface area contributed by atoms with Crippen molar-refractivity contribution < 1.29 is 14.3 Å². The molecule has 0 saturated carbocycles. The molecule has 1 rings (SSSR count). The summed E-state index contributed by atoms with van der Waals surface area (Å²) in [5.74, 6) is -1.33. The first-order chi connectivity index (χ1) is 7.98. The van der Waals surface area contributed by atoms with Crippen molar-refractivity contribution in [2.24, 2.45) is 0 Å². The molecular weight excluding hydrogens is 221 g/mol. The van der Waals surface area contributed by atoms with Crippen molar-refractivity contribution in [2.75, 3.05) is 6.54 Å². The molecule has 1 atom stereocenters. The number of hydrogen-bond donors (Lipinski definition) is 2. The van der Waals surface area contributed by atoms with Crippen molar-refractivity contribution in [3.63, 3.8) is 0 Å². The average molecular weight is 237 g/mol. The lowest BCUT2D eigenvalue weighted by Gasteiger charge is -2.25. The molecule has 2 N–H and O–H groups in total. The van der Waals surface area contributed by atoms with Gasteiger partial charge in [0.15, 0.2) is 0 Å². The summed E-state index contributed by atoms with van der Waals surface area (Å²) < 4.78 is 13.0. The van der Waals surface area contributed by atoms with Gasteiger partial charge in [-0.15, -0.1) is 6.58 Å². The fourth-order valence-corrected chi connectivity index (χ4v) is 1.57. The predicted molar refractivity (Wildman–Crippen MR) is 64.3 cm³/mol. The normalized spacial score (nSPS) is 14.0. The molecule has 0 aromatic heterocycles. The molecule has 4 heteroatoms. The highest BCUT2D eigenvalue weighted by Gasteiger charge is 2.32. The van der Waals surface area contributed by atoms with Crippen LogP contribution in [0.5, 0.6) is 0 Å². The second-order valence-corrected chi connectivity index (χ2v) is 4.11. The maximum atomic E-state index is 13.0. The number of halogens is 1. The number of carboxylic acids is 1. The number of benzene rings is 1. The first kappa shape index (κ1) is 13.4. The van der Waals surface area contributed by atoms with Crippen LogP contribution < -0.4 is 5.32 Å². The number of carbonyl (C=O) groups is 1. The molecule has 3 nitrogen and oxygen atoms in total. The van der Waals surface area contributed by atoms with E-state index in [1.165, 1.54) is 12.1 Å². The smallest absolute Gasteiger partial charge is 0.323 e. The van der Waals surface area contributed by atoms with Crippen molar-refractivity contribution in [1.82, 2.24) is 5.32 Å². The quantitative estimate of drug-likeness (QED) is 0.744. The molecule has 0 saturated heterocycles. The summed E-state index contributed by atoms with van der Waals surface area (Å²) >= 11 is 0. The van der Waals surface area contributed by atoms with Crippen molar-refractivity contribution in [1.29, 1.82) is 0 Å². The largest absolute Gasteiger partial charge is 0.480 e. The maximum Gasteiger partial charge on any atom is 0.323 e. The Labute approximate surface area is 100.0 Å². The monoisotopic (exact) mass is 237 g/mol. The second-order valence-electron chi connectivity index (χ2n) is 4.11. The van der Waals surface area contributed by atoms with Gasteiger partial charge in [-0.25, -0.2) is 4.39 Å². The minimum absolute atomic E-state index is 0.216. The third kappa shape index (κ3) is 3.67. The lowest BCUT2D eigenvalue weighted by Crippen LogP contribution is -2.51. The van der Waals surface area contributed by atoms with Crippen LogP contribution in [0.1, 0.15) is 12.5 Å². The number of aliphatic carboxylic acids is 1. The van der Waals surface area contributed by atoms with Gasteiger partial charge in [0.05, 0.1) is 0 Å². The fraction of sp³-hybridized carbons (Fsp3) is 0.308. The van der Waals surface area contributed by atoms with Crippen LogP contribution in [0.3, 0.4) is 0 Å². The molecule has 0 heterocycles. The van der Waals surface area contributed by atoms with Crippen molar-refractivity contribution in [2.45, 2.75) is 18.9 Å². The van der Waals surface area contributed by atoms with Gasteiger partial charge in [-0.2, -0.15) is 0 Å². The summed E-state index contributed by atoms with van der Waals surface area (Å²) in [7, 11) is 0.